The van der Waals surface area contributed by atoms with E-state index in [4.69, 9.17) is 9.26 Å². The van der Waals surface area contributed by atoms with Crippen LogP contribution in [0.3, 0.4) is 0 Å². The third kappa shape index (κ3) is 5.47. The number of hydrogen-bond acceptors (Lipinski definition) is 7. The van der Waals surface area contributed by atoms with E-state index in [9.17, 15) is 9.59 Å². The molecule has 0 bridgehead atoms. The largest absolute Gasteiger partial charge is 0.444 e. The Hall–Kier alpha value is -4.21. The van der Waals surface area contributed by atoms with Gasteiger partial charge >= 0.3 is 6.09 Å². The van der Waals surface area contributed by atoms with Gasteiger partial charge in [0.25, 0.3) is 5.91 Å². The molecule has 1 aliphatic heterocycles. The summed E-state index contributed by atoms with van der Waals surface area (Å²) in [6.45, 7) is 8.75. The van der Waals surface area contributed by atoms with Crippen LogP contribution in [0.4, 0.5) is 10.5 Å². The van der Waals surface area contributed by atoms with Crippen molar-refractivity contribution in [2.45, 2.75) is 46.1 Å². The maximum Gasteiger partial charge on any atom is 0.410 e. The van der Waals surface area contributed by atoms with Crippen molar-refractivity contribution in [2.24, 2.45) is 5.92 Å². The van der Waals surface area contributed by atoms with E-state index in [-0.39, 0.29) is 17.9 Å². The minimum atomic E-state index is -0.518. The number of ether oxygens (including phenoxy) is 1. The molecule has 5 rings (SSSR count). The van der Waals surface area contributed by atoms with Crippen LogP contribution in [0.25, 0.3) is 17.0 Å². The minimum Gasteiger partial charge on any atom is -0.444 e. The normalized spacial score (nSPS) is 15.8. The summed E-state index contributed by atoms with van der Waals surface area (Å²) in [7, 11) is 0. The number of aryl methyl sites for hydroxylation is 1. The van der Waals surface area contributed by atoms with E-state index in [2.05, 4.69) is 20.4 Å². The molecule has 10 nitrogen and oxygen atoms in total. The lowest BCUT2D eigenvalue weighted by Crippen LogP contribution is -2.35. The Labute approximate surface area is 214 Å². The average Bonchev–Trinajstić information content (AvgIpc) is 3.59. The van der Waals surface area contributed by atoms with Gasteiger partial charge in [0.05, 0.1) is 6.20 Å². The second-order valence-corrected chi connectivity index (χ2v) is 10.4. The zero-order chi connectivity index (χ0) is 26.2. The van der Waals surface area contributed by atoms with E-state index in [0.717, 1.165) is 17.5 Å². The molecule has 0 saturated carbocycles. The van der Waals surface area contributed by atoms with Gasteiger partial charge in [0.1, 0.15) is 16.9 Å². The number of fused-ring (bicyclic) bond motifs is 1. The third-order valence-electron chi connectivity index (χ3n) is 6.26. The molecular formula is C27H30N6O4. The number of anilines is 1. The Kier molecular flexibility index (Phi) is 6.41. The molecular weight excluding hydrogens is 472 g/mol. The third-order valence-corrected chi connectivity index (χ3v) is 6.26. The summed E-state index contributed by atoms with van der Waals surface area (Å²) in [5.74, 6) is 0.924. The highest BCUT2D eigenvalue weighted by Gasteiger charge is 2.31. The molecule has 1 fully saturated rings. The highest BCUT2D eigenvalue weighted by Crippen LogP contribution is 2.26. The lowest BCUT2D eigenvalue weighted by atomic mass is 10.1. The first kappa shape index (κ1) is 24.5. The zero-order valence-corrected chi connectivity index (χ0v) is 21.4. The topological polar surface area (TPSA) is 115 Å². The molecule has 1 aliphatic rings. The molecule has 4 aromatic rings. The SMILES string of the molecule is Cc1ccc(-c2noc(CC3CCN(C(=O)OC(C)(C)C)C3)n2)cc1NC(=O)c1cnc2ccccn12. The highest BCUT2D eigenvalue weighted by atomic mass is 16.6. The van der Waals surface area contributed by atoms with Gasteiger partial charge in [0, 0.05) is 37.0 Å². The fourth-order valence-corrected chi connectivity index (χ4v) is 4.38. The van der Waals surface area contributed by atoms with Gasteiger partial charge in [-0.15, -0.1) is 0 Å². The Morgan fingerprint density at radius 3 is 2.86 bits per heavy atom. The molecule has 192 valence electrons. The van der Waals surface area contributed by atoms with E-state index in [0.29, 0.717) is 48.3 Å². The van der Waals surface area contributed by atoms with Gasteiger partial charge in [-0.1, -0.05) is 23.4 Å². The molecule has 4 heterocycles. The summed E-state index contributed by atoms with van der Waals surface area (Å²) in [6.07, 6.45) is 4.50. The van der Waals surface area contributed by atoms with E-state index in [1.807, 2.05) is 64.1 Å². The predicted molar refractivity (Wildman–Crippen MR) is 137 cm³/mol. The van der Waals surface area contributed by atoms with Crippen LogP contribution in [0.1, 0.15) is 49.1 Å². The average molecular weight is 503 g/mol. The quantitative estimate of drug-likeness (QED) is 0.419. The number of imidazole rings is 1. The van der Waals surface area contributed by atoms with Crippen molar-refractivity contribution >= 4 is 23.3 Å². The van der Waals surface area contributed by atoms with Crippen molar-refractivity contribution in [3.05, 3.63) is 65.9 Å². The first-order chi connectivity index (χ1) is 17.7. The van der Waals surface area contributed by atoms with Crippen LogP contribution in [-0.4, -0.2) is 55.1 Å². The molecule has 10 heteroatoms. The van der Waals surface area contributed by atoms with E-state index in [1.165, 1.54) is 0 Å². The van der Waals surface area contributed by atoms with Crippen LogP contribution in [0, 0.1) is 12.8 Å². The van der Waals surface area contributed by atoms with Gasteiger partial charge in [-0.25, -0.2) is 9.78 Å². The van der Waals surface area contributed by atoms with Gasteiger partial charge in [-0.05, 0) is 63.8 Å². The van der Waals surface area contributed by atoms with Crippen molar-refractivity contribution in [3.63, 3.8) is 0 Å². The molecule has 0 spiro atoms. The first-order valence-corrected chi connectivity index (χ1v) is 12.3. The molecule has 37 heavy (non-hydrogen) atoms. The lowest BCUT2D eigenvalue weighted by molar-refractivity contribution is 0.0287. The van der Waals surface area contributed by atoms with Crippen molar-refractivity contribution in [1.29, 1.82) is 0 Å². The van der Waals surface area contributed by atoms with Gasteiger partial charge < -0.3 is 19.5 Å². The number of rotatable bonds is 5. The molecule has 3 aromatic heterocycles. The molecule has 1 saturated heterocycles. The maximum atomic E-state index is 13.0. The standard InChI is InChI=1S/C27H30N6O4/c1-17-8-9-19(14-20(17)29-25(34)21-15-28-22-7-5-6-11-33(21)22)24-30-23(37-31-24)13-18-10-12-32(16-18)26(35)36-27(2,3)4/h5-9,11,14-15,18H,10,12-13,16H2,1-4H3,(H,29,34). The summed E-state index contributed by atoms with van der Waals surface area (Å²) in [4.78, 5) is 35.9. The number of pyridine rings is 1. The van der Waals surface area contributed by atoms with E-state index in [1.54, 1.807) is 21.7 Å². The smallest absolute Gasteiger partial charge is 0.410 e. The molecule has 1 N–H and O–H groups in total. The fraction of sp³-hybridized carbons (Fsp3) is 0.370. The van der Waals surface area contributed by atoms with Gasteiger partial charge in [0.2, 0.25) is 11.7 Å². The minimum absolute atomic E-state index is 0.221. The number of benzene rings is 1. The predicted octanol–water partition coefficient (Wildman–Crippen LogP) is 4.74. The lowest BCUT2D eigenvalue weighted by Gasteiger charge is -2.24. The second-order valence-electron chi connectivity index (χ2n) is 10.4. The van der Waals surface area contributed by atoms with Crippen LogP contribution in [0.15, 0.2) is 53.3 Å². The molecule has 1 aromatic carbocycles. The first-order valence-electron chi connectivity index (χ1n) is 12.3. The second kappa shape index (κ2) is 9.68. The number of carbonyl (C=O) groups excluding carboxylic acids is 2. The number of amides is 2. The van der Waals surface area contributed by atoms with Crippen LogP contribution < -0.4 is 5.32 Å². The fourth-order valence-electron chi connectivity index (χ4n) is 4.38. The molecule has 1 unspecified atom stereocenters. The number of hydrogen-bond donors (Lipinski definition) is 1. The zero-order valence-electron chi connectivity index (χ0n) is 21.4. The summed E-state index contributed by atoms with van der Waals surface area (Å²) < 4.78 is 12.7. The number of nitrogens with zero attached hydrogens (tertiary/aromatic N) is 5. The Balaban J connectivity index is 1.25. The Morgan fingerprint density at radius 1 is 1.22 bits per heavy atom. The van der Waals surface area contributed by atoms with E-state index < -0.39 is 5.60 Å². The van der Waals surface area contributed by atoms with Crippen molar-refractivity contribution in [1.82, 2.24) is 24.4 Å². The van der Waals surface area contributed by atoms with Crippen molar-refractivity contribution in [3.8, 4) is 11.4 Å². The van der Waals surface area contributed by atoms with Gasteiger partial charge in [0.15, 0.2) is 0 Å². The molecule has 2 amide bonds. The molecule has 1 atom stereocenters. The number of aromatic nitrogens is 4. The number of carbonyl (C=O) groups is 2. The van der Waals surface area contributed by atoms with Crippen LogP contribution >= 0.6 is 0 Å². The summed E-state index contributed by atoms with van der Waals surface area (Å²) in [6, 6.07) is 11.2. The summed E-state index contributed by atoms with van der Waals surface area (Å²) >= 11 is 0. The summed E-state index contributed by atoms with van der Waals surface area (Å²) in [5, 5.41) is 7.13. The number of nitrogens with one attached hydrogen (secondary N) is 1. The molecule has 0 aliphatic carbocycles. The monoisotopic (exact) mass is 502 g/mol. The Bertz CT molecular complexity index is 1450. The van der Waals surface area contributed by atoms with Crippen LogP contribution in [0.2, 0.25) is 0 Å². The highest BCUT2D eigenvalue weighted by molar-refractivity contribution is 6.04. The van der Waals surface area contributed by atoms with Crippen molar-refractivity contribution < 1.29 is 18.8 Å². The number of likely N-dealkylation sites (tertiary alicyclic amines) is 1. The van der Waals surface area contributed by atoms with Gasteiger partial charge in [-0.3, -0.25) is 9.20 Å². The van der Waals surface area contributed by atoms with Crippen molar-refractivity contribution in [2.75, 3.05) is 18.4 Å². The van der Waals surface area contributed by atoms with Crippen LogP contribution in [-0.2, 0) is 11.2 Å². The Morgan fingerprint density at radius 2 is 2.05 bits per heavy atom. The summed E-state index contributed by atoms with van der Waals surface area (Å²) in [5.41, 5.74) is 2.92. The van der Waals surface area contributed by atoms with E-state index >= 15 is 0 Å². The van der Waals surface area contributed by atoms with Gasteiger partial charge in [-0.2, -0.15) is 4.98 Å². The van der Waals surface area contributed by atoms with Crippen LogP contribution in [0.5, 0.6) is 0 Å². The molecule has 0 radical (unpaired) electrons. The maximum absolute atomic E-state index is 13.0.